The van der Waals surface area contributed by atoms with Gasteiger partial charge in [0.1, 0.15) is 6.04 Å². The number of hydroxylamine groups is 1. The third kappa shape index (κ3) is 7.02. The average Bonchev–Trinajstić information content (AvgIpc) is 2.87. The highest BCUT2D eigenvalue weighted by Gasteiger charge is 2.19. The van der Waals surface area contributed by atoms with Crippen LogP contribution < -0.4 is 21.8 Å². The van der Waals surface area contributed by atoms with Crippen LogP contribution in [0.1, 0.15) is 38.2 Å². The van der Waals surface area contributed by atoms with Crippen molar-refractivity contribution in [1.29, 1.82) is 0 Å². The van der Waals surface area contributed by atoms with Gasteiger partial charge in [0.25, 0.3) is 11.8 Å². The molecule has 0 saturated carbocycles. The molecule has 34 heavy (non-hydrogen) atoms. The highest BCUT2D eigenvalue weighted by Crippen LogP contribution is 2.09. The van der Waals surface area contributed by atoms with E-state index in [1.807, 2.05) is 18.2 Å². The number of nitrogens with two attached hydrogens (primary N) is 1. The number of amides is 2. The molecule has 7 heteroatoms. The lowest BCUT2D eigenvalue weighted by Crippen LogP contribution is -2.50. The van der Waals surface area contributed by atoms with Crippen LogP contribution in [-0.2, 0) is 17.9 Å². The van der Waals surface area contributed by atoms with Crippen LogP contribution in [0, 0.1) is 18.8 Å². The molecule has 174 valence electrons. The molecular formula is C27H28N4O3. The molecule has 0 spiro atoms. The van der Waals surface area contributed by atoms with Crippen LogP contribution in [-0.4, -0.2) is 29.6 Å². The van der Waals surface area contributed by atoms with E-state index in [0.29, 0.717) is 5.56 Å². The molecule has 3 aromatic carbocycles. The Labute approximate surface area is 199 Å². The second-order valence-electron chi connectivity index (χ2n) is 7.79. The number of rotatable bonds is 8. The first-order valence-electron chi connectivity index (χ1n) is 10.9. The van der Waals surface area contributed by atoms with Crippen molar-refractivity contribution in [3.8, 4) is 11.8 Å². The van der Waals surface area contributed by atoms with Gasteiger partial charge in [-0.2, -0.15) is 0 Å². The maximum atomic E-state index is 12.3. The molecule has 6 N–H and O–H groups in total. The van der Waals surface area contributed by atoms with Crippen LogP contribution in [0.25, 0.3) is 0 Å². The van der Waals surface area contributed by atoms with Crippen molar-refractivity contribution in [3.63, 3.8) is 0 Å². The maximum Gasteiger partial charge on any atom is 0.267 e. The summed E-state index contributed by atoms with van der Waals surface area (Å²) in [6.45, 7) is 3.58. The van der Waals surface area contributed by atoms with E-state index in [1.54, 1.807) is 24.3 Å². The Morgan fingerprint density at radius 2 is 1.53 bits per heavy atom. The predicted octanol–water partition coefficient (Wildman–Crippen LogP) is 2.25. The molecule has 7 nitrogen and oxygen atoms in total. The van der Waals surface area contributed by atoms with Gasteiger partial charge >= 0.3 is 0 Å². The number of hydrogen-bond donors (Lipinski definition) is 5. The summed E-state index contributed by atoms with van der Waals surface area (Å²) in [7, 11) is 0. The highest BCUT2D eigenvalue weighted by atomic mass is 16.5. The molecule has 0 fully saturated rings. The smallest absolute Gasteiger partial charge is 0.267 e. The SMILES string of the molecule is Cc1ccccc1CNCc1ccc(C#Cc2ccc(C(=O)N[C@@H](CN)C(=O)NO)cc2)cc1. The normalized spacial score (nSPS) is 11.1. The summed E-state index contributed by atoms with van der Waals surface area (Å²) >= 11 is 0. The van der Waals surface area contributed by atoms with Crippen LogP contribution in [0.5, 0.6) is 0 Å². The summed E-state index contributed by atoms with van der Waals surface area (Å²) in [5.41, 5.74) is 12.7. The van der Waals surface area contributed by atoms with E-state index >= 15 is 0 Å². The van der Waals surface area contributed by atoms with Crippen LogP contribution in [0.3, 0.4) is 0 Å². The van der Waals surface area contributed by atoms with Crippen LogP contribution in [0.2, 0.25) is 0 Å². The fraction of sp³-hybridized carbons (Fsp3) is 0.185. The van der Waals surface area contributed by atoms with Gasteiger partial charge < -0.3 is 16.4 Å². The van der Waals surface area contributed by atoms with Gasteiger partial charge in [0.2, 0.25) is 0 Å². The minimum Gasteiger partial charge on any atom is -0.339 e. The molecule has 0 saturated heterocycles. The summed E-state index contributed by atoms with van der Waals surface area (Å²) in [5, 5.41) is 14.6. The molecule has 0 aliphatic carbocycles. The van der Waals surface area contributed by atoms with E-state index in [0.717, 1.165) is 24.2 Å². The monoisotopic (exact) mass is 456 g/mol. The van der Waals surface area contributed by atoms with E-state index in [1.165, 1.54) is 22.2 Å². The summed E-state index contributed by atoms with van der Waals surface area (Å²) in [5.74, 6) is 4.96. The summed E-state index contributed by atoms with van der Waals surface area (Å²) in [6.07, 6.45) is 0. The summed E-state index contributed by atoms with van der Waals surface area (Å²) in [6, 6.07) is 22.1. The molecule has 1 atom stereocenters. The molecular weight excluding hydrogens is 428 g/mol. The fourth-order valence-corrected chi connectivity index (χ4v) is 3.26. The van der Waals surface area contributed by atoms with Crippen molar-refractivity contribution >= 4 is 11.8 Å². The van der Waals surface area contributed by atoms with Gasteiger partial charge in [-0.05, 0) is 60.0 Å². The Morgan fingerprint density at radius 3 is 2.12 bits per heavy atom. The van der Waals surface area contributed by atoms with Crippen molar-refractivity contribution in [2.75, 3.05) is 6.54 Å². The van der Waals surface area contributed by atoms with Gasteiger partial charge in [0, 0.05) is 36.3 Å². The van der Waals surface area contributed by atoms with Gasteiger partial charge in [-0.25, -0.2) is 5.48 Å². The maximum absolute atomic E-state index is 12.3. The van der Waals surface area contributed by atoms with Crippen molar-refractivity contribution in [1.82, 2.24) is 16.1 Å². The first kappa shape index (κ1) is 24.7. The Hall–Kier alpha value is -3.96. The molecule has 3 rings (SSSR count). The van der Waals surface area contributed by atoms with Crippen molar-refractivity contribution in [2.45, 2.75) is 26.1 Å². The molecule has 0 aliphatic heterocycles. The standard InChI is InChI=1S/C27H28N4O3/c1-19-4-2-3-5-24(19)18-29-17-22-10-8-20(9-11-22)6-7-21-12-14-23(15-13-21)26(32)30-25(16-28)27(33)31-34/h2-5,8-15,25,29,34H,16-18,28H2,1H3,(H,30,32)(H,31,33)/t25-/m0/s1. The van der Waals surface area contributed by atoms with E-state index < -0.39 is 17.9 Å². The first-order chi connectivity index (χ1) is 16.5. The molecule has 2 amide bonds. The van der Waals surface area contributed by atoms with Gasteiger partial charge in [-0.15, -0.1) is 0 Å². The Morgan fingerprint density at radius 1 is 0.912 bits per heavy atom. The van der Waals surface area contributed by atoms with E-state index in [4.69, 9.17) is 10.9 Å². The first-order valence-corrected chi connectivity index (χ1v) is 10.9. The largest absolute Gasteiger partial charge is 0.339 e. The molecule has 0 radical (unpaired) electrons. The second-order valence-corrected chi connectivity index (χ2v) is 7.79. The minimum absolute atomic E-state index is 0.136. The lowest BCUT2D eigenvalue weighted by molar-refractivity contribution is -0.130. The van der Waals surface area contributed by atoms with Gasteiger partial charge in [0.15, 0.2) is 0 Å². The molecule has 0 unspecified atom stereocenters. The molecule has 0 bridgehead atoms. The van der Waals surface area contributed by atoms with E-state index in [-0.39, 0.29) is 6.54 Å². The van der Waals surface area contributed by atoms with Crippen LogP contribution in [0.4, 0.5) is 0 Å². The Bertz CT molecular complexity index is 1180. The third-order valence-electron chi connectivity index (χ3n) is 5.33. The summed E-state index contributed by atoms with van der Waals surface area (Å²) in [4.78, 5) is 23.7. The number of hydrogen-bond acceptors (Lipinski definition) is 5. The third-order valence-corrected chi connectivity index (χ3v) is 5.33. The number of carbonyl (C=O) groups is 2. The number of carbonyl (C=O) groups excluding carboxylic acids is 2. The van der Waals surface area contributed by atoms with Gasteiger partial charge in [-0.1, -0.05) is 48.2 Å². The van der Waals surface area contributed by atoms with E-state index in [9.17, 15) is 9.59 Å². The van der Waals surface area contributed by atoms with Crippen molar-refractivity contribution in [3.05, 3.63) is 106 Å². The zero-order valence-corrected chi connectivity index (χ0v) is 19.0. The van der Waals surface area contributed by atoms with E-state index in [2.05, 4.69) is 59.7 Å². The zero-order valence-electron chi connectivity index (χ0n) is 19.0. The molecule has 3 aromatic rings. The number of benzene rings is 3. The molecule has 0 heterocycles. The minimum atomic E-state index is -1.02. The van der Waals surface area contributed by atoms with Crippen LogP contribution >= 0.6 is 0 Å². The average molecular weight is 457 g/mol. The lowest BCUT2D eigenvalue weighted by atomic mass is 10.1. The molecule has 0 aromatic heterocycles. The van der Waals surface area contributed by atoms with Crippen LogP contribution in [0.15, 0.2) is 72.8 Å². The van der Waals surface area contributed by atoms with Crippen molar-refractivity contribution in [2.24, 2.45) is 5.73 Å². The topological polar surface area (TPSA) is 116 Å². The summed E-state index contributed by atoms with van der Waals surface area (Å²) < 4.78 is 0. The quantitative estimate of drug-likeness (QED) is 0.203. The highest BCUT2D eigenvalue weighted by molar-refractivity contribution is 5.97. The zero-order chi connectivity index (χ0) is 24.3. The predicted molar refractivity (Wildman–Crippen MR) is 131 cm³/mol. The Kier molecular flexibility index (Phi) is 8.95. The lowest BCUT2D eigenvalue weighted by Gasteiger charge is -2.14. The Balaban J connectivity index is 1.53. The molecule has 0 aliphatic rings. The van der Waals surface area contributed by atoms with Crippen molar-refractivity contribution < 1.29 is 14.8 Å². The second kappa shape index (κ2) is 12.3. The number of aryl methyl sites for hydroxylation is 1. The van der Waals surface area contributed by atoms with Gasteiger partial charge in [0.05, 0.1) is 0 Å². The number of nitrogens with one attached hydrogen (secondary N) is 3. The van der Waals surface area contributed by atoms with Gasteiger partial charge in [-0.3, -0.25) is 14.8 Å². The fourth-order valence-electron chi connectivity index (χ4n) is 3.26.